The highest BCUT2D eigenvalue weighted by Gasteiger charge is 2.18. The first-order valence-electron chi connectivity index (χ1n) is 4.29. The van der Waals surface area contributed by atoms with E-state index in [-0.39, 0.29) is 5.97 Å². The van der Waals surface area contributed by atoms with Crippen LogP contribution in [0.15, 0.2) is 11.6 Å². The van der Waals surface area contributed by atoms with Gasteiger partial charge in [-0.1, -0.05) is 6.92 Å². The van der Waals surface area contributed by atoms with Gasteiger partial charge in [-0.15, -0.1) is 0 Å². The summed E-state index contributed by atoms with van der Waals surface area (Å²) in [6, 6.07) is 0.379. The molecule has 68 valence electrons. The Labute approximate surface area is 72.8 Å². The molecule has 1 aliphatic heterocycles. The highest BCUT2D eigenvalue weighted by molar-refractivity contribution is 5.83. The Balaban J connectivity index is 2.60. The Morgan fingerprint density at radius 3 is 3.17 bits per heavy atom. The van der Waals surface area contributed by atoms with E-state index in [1.165, 1.54) is 12.7 Å². The lowest BCUT2D eigenvalue weighted by Gasteiger charge is -2.07. The zero-order chi connectivity index (χ0) is 8.97. The van der Waals surface area contributed by atoms with Crippen molar-refractivity contribution in [3.8, 4) is 0 Å². The van der Waals surface area contributed by atoms with Gasteiger partial charge in [-0.25, -0.2) is 4.79 Å². The van der Waals surface area contributed by atoms with Crippen LogP contribution < -0.4 is 5.32 Å². The number of carbonyl (C=O) groups excluding carboxylic acids is 1. The Hall–Kier alpha value is -0.830. The molecule has 0 aliphatic carbocycles. The van der Waals surface area contributed by atoms with Crippen LogP contribution >= 0.6 is 0 Å². The molecule has 0 saturated carbocycles. The predicted octanol–water partition coefficient (Wildman–Crippen LogP) is 0.858. The first kappa shape index (κ1) is 9.26. The first-order chi connectivity index (χ1) is 5.77. The van der Waals surface area contributed by atoms with E-state index in [4.69, 9.17) is 0 Å². The van der Waals surface area contributed by atoms with Crippen molar-refractivity contribution in [2.24, 2.45) is 0 Å². The number of nitrogens with one attached hydrogen (secondary N) is 1. The number of methoxy groups -OCH3 is 1. The Kier molecular flexibility index (Phi) is 3.29. The van der Waals surface area contributed by atoms with Gasteiger partial charge in [0.1, 0.15) is 0 Å². The van der Waals surface area contributed by atoms with E-state index < -0.39 is 0 Å². The molecule has 0 aromatic heterocycles. The summed E-state index contributed by atoms with van der Waals surface area (Å²) in [5.41, 5.74) is 1.17. The molecule has 0 radical (unpaired) electrons. The van der Waals surface area contributed by atoms with Crippen molar-refractivity contribution in [3.63, 3.8) is 0 Å². The van der Waals surface area contributed by atoms with Gasteiger partial charge < -0.3 is 10.1 Å². The van der Waals surface area contributed by atoms with Crippen LogP contribution in [0.5, 0.6) is 0 Å². The quantitative estimate of drug-likeness (QED) is 0.492. The van der Waals surface area contributed by atoms with Crippen LogP contribution in [0, 0.1) is 0 Å². The van der Waals surface area contributed by atoms with E-state index in [2.05, 4.69) is 17.0 Å². The minimum Gasteiger partial charge on any atom is -0.466 e. The minimum atomic E-state index is -0.243. The van der Waals surface area contributed by atoms with Gasteiger partial charge in [0.25, 0.3) is 0 Å². The minimum absolute atomic E-state index is 0.243. The van der Waals surface area contributed by atoms with E-state index in [0.29, 0.717) is 6.04 Å². The van der Waals surface area contributed by atoms with Crippen molar-refractivity contribution in [3.05, 3.63) is 11.6 Å². The molecule has 0 amide bonds. The molecule has 0 aromatic carbocycles. The lowest BCUT2D eigenvalue weighted by molar-refractivity contribution is -0.134. The molecule has 1 N–H and O–H groups in total. The van der Waals surface area contributed by atoms with Crippen molar-refractivity contribution in [2.45, 2.75) is 25.8 Å². The predicted molar refractivity (Wildman–Crippen MR) is 46.8 cm³/mol. The molecule has 1 rings (SSSR count). The lowest BCUT2D eigenvalue weighted by atomic mass is 10.1. The highest BCUT2D eigenvalue weighted by atomic mass is 16.5. The monoisotopic (exact) mass is 169 g/mol. The zero-order valence-electron chi connectivity index (χ0n) is 7.59. The van der Waals surface area contributed by atoms with E-state index >= 15 is 0 Å². The molecular formula is C9H15NO2. The number of hydrogen-bond donors (Lipinski definition) is 1. The molecule has 0 aromatic rings. The fourth-order valence-electron chi connectivity index (χ4n) is 1.49. The number of hydrogen-bond acceptors (Lipinski definition) is 3. The smallest absolute Gasteiger partial charge is 0.330 e. The second kappa shape index (κ2) is 4.26. The van der Waals surface area contributed by atoms with Crippen molar-refractivity contribution >= 4 is 5.97 Å². The standard InChI is InChI=1S/C9H15NO2/c1-3-8-7(4-5-10-8)6-9(11)12-2/h6,8,10H,3-5H2,1-2H3/b7-6+. The summed E-state index contributed by atoms with van der Waals surface area (Å²) >= 11 is 0. The second-order valence-electron chi connectivity index (χ2n) is 2.91. The lowest BCUT2D eigenvalue weighted by Crippen LogP contribution is -2.21. The van der Waals surface area contributed by atoms with Crippen LogP contribution in [0.3, 0.4) is 0 Å². The van der Waals surface area contributed by atoms with Crippen molar-refractivity contribution < 1.29 is 9.53 Å². The Bertz CT molecular complexity index is 199. The zero-order valence-corrected chi connectivity index (χ0v) is 7.59. The van der Waals surface area contributed by atoms with Crippen molar-refractivity contribution in [2.75, 3.05) is 13.7 Å². The van der Waals surface area contributed by atoms with Gasteiger partial charge in [0.15, 0.2) is 0 Å². The summed E-state index contributed by atoms with van der Waals surface area (Å²) in [5.74, 6) is -0.243. The fraction of sp³-hybridized carbons (Fsp3) is 0.667. The molecule has 1 heterocycles. The number of esters is 1. The van der Waals surface area contributed by atoms with Crippen LogP contribution in [0.1, 0.15) is 19.8 Å². The van der Waals surface area contributed by atoms with Crippen LogP contribution in [0.25, 0.3) is 0 Å². The normalized spacial score (nSPS) is 26.2. The summed E-state index contributed by atoms with van der Waals surface area (Å²) in [5, 5.41) is 3.31. The summed E-state index contributed by atoms with van der Waals surface area (Å²) in [6.45, 7) is 3.08. The second-order valence-corrected chi connectivity index (χ2v) is 2.91. The maximum atomic E-state index is 10.9. The average Bonchev–Trinajstić information content (AvgIpc) is 2.51. The van der Waals surface area contributed by atoms with Crippen molar-refractivity contribution in [1.29, 1.82) is 0 Å². The summed E-state index contributed by atoms with van der Waals surface area (Å²) < 4.78 is 4.56. The van der Waals surface area contributed by atoms with Gasteiger partial charge in [0, 0.05) is 12.1 Å². The van der Waals surface area contributed by atoms with Crippen LogP contribution in [0.2, 0.25) is 0 Å². The molecule has 1 atom stereocenters. The molecule has 0 spiro atoms. The molecule has 0 bridgehead atoms. The molecule has 3 heteroatoms. The summed E-state index contributed by atoms with van der Waals surface area (Å²) in [4.78, 5) is 10.9. The SMILES string of the molecule is CCC1NCC/C1=C\C(=O)OC. The maximum absolute atomic E-state index is 10.9. The van der Waals surface area contributed by atoms with E-state index in [1.807, 2.05) is 0 Å². The molecule has 3 nitrogen and oxygen atoms in total. The average molecular weight is 169 g/mol. The van der Waals surface area contributed by atoms with E-state index in [9.17, 15) is 4.79 Å². The van der Waals surface area contributed by atoms with Crippen molar-refractivity contribution in [1.82, 2.24) is 5.32 Å². The van der Waals surface area contributed by atoms with Crippen LogP contribution in [-0.4, -0.2) is 25.7 Å². The maximum Gasteiger partial charge on any atom is 0.330 e. The molecule has 1 saturated heterocycles. The van der Waals surface area contributed by atoms with Gasteiger partial charge in [0.05, 0.1) is 7.11 Å². The topological polar surface area (TPSA) is 38.3 Å². The van der Waals surface area contributed by atoms with E-state index in [1.54, 1.807) is 6.08 Å². The van der Waals surface area contributed by atoms with Crippen LogP contribution in [0.4, 0.5) is 0 Å². The summed E-state index contributed by atoms with van der Waals surface area (Å²) in [6.07, 6.45) is 3.60. The molecular weight excluding hydrogens is 154 g/mol. The third kappa shape index (κ3) is 2.08. The largest absolute Gasteiger partial charge is 0.466 e. The highest BCUT2D eigenvalue weighted by Crippen LogP contribution is 2.16. The summed E-state index contributed by atoms with van der Waals surface area (Å²) in [7, 11) is 1.41. The first-order valence-corrected chi connectivity index (χ1v) is 4.29. The number of carbonyl (C=O) groups is 1. The van der Waals surface area contributed by atoms with E-state index in [0.717, 1.165) is 19.4 Å². The third-order valence-electron chi connectivity index (χ3n) is 2.16. The van der Waals surface area contributed by atoms with Gasteiger partial charge in [-0.05, 0) is 25.0 Å². The third-order valence-corrected chi connectivity index (χ3v) is 2.16. The molecule has 1 fully saturated rings. The molecule has 12 heavy (non-hydrogen) atoms. The fourth-order valence-corrected chi connectivity index (χ4v) is 1.49. The molecule has 1 aliphatic rings. The number of rotatable bonds is 2. The Morgan fingerprint density at radius 1 is 1.83 bits per heavy atom. The van der Waals surface area contributed by atoms with Gasteiger partial charge in [-0.2, -0.15) is 0 Å². The van der Waals surface area contributed by atoms with Gasteiger partial charge in [0.2, 0.25) is 0 Å². The number of ether oxygens (including phenoxy) is 1. The van der Waals surface area contributed by atoms with Gasteiger partial charge >= 0.3 is 5.97 Å². The molecule has 1 unspecified atom stereocenters. The Morgan fingerprint density at radius 2 is 2.58 bits per heavy atom. The van der Waals surface area contributed by atoms with Crippen LogP contribution in [-0.2, 0) is 9.53 Å². The van der Waals surface area contributed by atoms with Gasteiger partial charge in [-0.3, -0.25) is 0 Å².